The van der Waals surface area contributed by atoms with E-state index in [9.17, 15) is 25.9 Å². The lowest BCUT2D eigenvalue weighted by Gasteiger charge is -2.28. The Labute approximate surface area is 180 Å². The van der Waals surface area contributed by atoms with Crippen molar-refractivity contribution in [3.63, 3.8) is 0 Å². The van der Waals surface area contributed by atoms with E-state index < -0.39 is 35.9 Å². The summed E-state index contributed by atoms with van der Waals surface area (Å²) in [6, 6.07) is 3.33. The highest BCUT2D eigenvalue weighted by Gasteiger charge is 2.35. The average molecular weight is 457 g/mol. The highest BCUT2D eigenvalue weighted by atomic mass is 32.2. The molecule has 0 spiro atoms. The summed E-state index contributed by atoms with van der Waals surface area (Å²) in [6.07, 6.45) is 0. The average Bonchev–Trinajstić information content (AvgIpc) is 2.55. The molecule has 0 aliphatic heterocycles. The lowest BCUT2D eigenvalue weighted by atomic mass is 9.79. The van der Waals surface area contributed by atoms with Gasteiger partial charge in [-0.15, -0.1) is 0 Å². The summed E-state index contributed by atoms with van der Waals surface area (Å²) in [4.78, 5) is -1.46. The number of fused-ring (bicyclic) bond motifs is 1. The van der Waals surface area contributed by atoms with Gasteiger partial charge in [0.25, 0.3) is 20.2 Å². The maximum absolute atomic E-state index is 12.5. The van der Waals surface area contributed by atoms with Crippen LogP contribution in [-0.4, -0.2) is 25.9 Å². The van der Waals surface area contributed by atoms with Gasteiger partial charge in [0.15, 0.2) is 0 Å². The molecule has 0 aliphatic rings. The van der Waals surface area contributed by atoms with Crippen molar-refractivity contribution in [3.05, 3.63) is 34.4 Å². The minimum absolute atomic E-state index is 0.0226. The molecular weight excluding hydrogens is 424 g/mol. The van der Waals surface area contributed by atoms with Gasteiger partial charge in [-0.3, -0.25) is 9.11 Å². The highest BCUT2D eigenvalue weighted by Crippen LogP contribution is 2.46. The molecule has 0 amide bonds. The van der Waals surface area contributed by atoms with E-state index in [4.69, 9.17) is 0 Å². The Morgan fingerprint density at radius 3 is 1.37 bits per heavy atom. The third kappa shape index (κ3) is 4.28. The predicted octanol–water partition coefficient (Wildman–Crippen LogP) is 5.83. The SMILES string of the molecule is CC(C)c1ccc2c(S(=O)(=O)O)c(S(=O)(=O)O)c(C(C)C)c(C(C)C)c2c1C(C)C. The van der Waals surface area contributed by atoms with Crippen molar-refractivity contribution in [2.75, 3.05) is 0 Å². The van der Waals surface area contributed by atoms with Crippen LogP contribution in [0.5, 0.6) is 0 Å². The highest BCUT2D eigenvalue weighted by molar-refractivity contribution is 7.89. The van der Waals surface area contributed by atoms with Crippen molar-refractivity contribution in [1.29, 1.82) is 0 Å². The molecular formula is C22H32O6S2. The number of hydrogen-bond donors (Lipinski definition) is 2. The van der Waals surface area contributed by atoms with E-state index in [0.717, 1.165) is 11.1 Å². The molecule has 0 saturated heterocycles. The molecule has 30 heavy (non-hydrogen) atoms. The van der Waals surface area contributed by atoms with Gasteiger partial charge in [-0.25, -0.2) is 0 Å². The topological polar surface area (TPSA) is 109 Å². The van der Waals surface area contributed by atoms with Gasteiger partial charge in [0.1, 0.15) is 9.79 Å². The van der Waals surface area contributed by atoms with E-state index in [-0.39, 0.29) is 28.7 Å². The lowest BCUT2D eigenvalue weighted by molar-refractivity contribution is 0.465. The Morgan fingerprint density at radius 1 is 0.600 bits per heavy atom. The first-order chi connectivity index (χ1) is 13.5. The smallest absolute Gasteiger partial charge is 0.282 e. The molecule has 0 saturated carbocycles. The molecule has 0 bridgehead atoms. The zero-order chi connectivity index (χ0) is 23.3. The number of hydrogen-bond acceptors (Lipinski definition) is 4. The molecule has 6 nitrogen and oxygen atoms in total. The van der Waals surface area contributed by atoms with Crippen molar-refractivity contribution in [2.45, 2.75) is 88.9 Å². The number of rotatable bonds is 6. The van der Waals surface area contributed by atoms with Crippen LogP contribution in [0.4, 0.5) is 0 Å². The first-order valence-electron chi connectivity index (χ1n) is 10.1. The zero-order valence-electron chi connectivity index (χ0n) is 18.8. The first-order valence-corrected chi connectivity index (χ1v) is 13.0. The molecule has 2 rings (SSSR count). The Bertz CT molecular complexity index is 1190. The summed E-state index contributed by atoms with van der Waals surface area (Å²) in [5.41, 5.74) is 2.89. The van der Waals surface area contributed by atoms with E-state index in [1.807, 2.05) is 41.5 Å². The Kier molecular flexibility index (Phi) is 6.79. The summed E-state index contributed by atoms with van der Waals surface area (Å²) >= 11 is 0. The van der Waals surface area contributed by atoms with Crippen LogP contribution in [0.1, 0.15) is 101 Å². The fraction of sp³-hybridized carbons (Fsp3) is 0.545. The predicted molar refractivity (Wildman–Crippen MR) is 120 cm³/mol. The van der Waals surface area contributed by atoms with Crippen LogP contribution in [0, 0.1) is 0 Å². The second kappa shape index (κ2) is 8.22. The van der Waals surface area contributed by atoms with Gasteiger partial charge < -0.3 is 0 Å². The second-order valence-electron chi connectivity index (χ2n) is 9.05. The van der Waals surface area contributed by atoms with E-state index in [1.165, 1.54) is 0 Å². The van der Waals surface area contributed by atoms with Gasteiger partial charge in [-0.1, -0.05) is 67.5 Å². The van der Waals surface area contributed by atoms with Crippen LogP contribution in [0.2, 0.25) is 0 Å². The molecule has 0 radical (unpaired) electrons. The van der Waals surface area contributed by atoms with Crippen LogP contribution in [0.3, 0.4) is 0 Å². The van der Waals surface area contributed by atoms with Crippen LogP contribution in [0.15, 0.2) is 21.9 Å². The van der Waals surface area contributed by atoms with Crippen molar-refractivity contribution < 1.29 is 25.9 Å². The largest absolute Gasteiger partial charge is 0.296 e. The van der Waals surface area contributed by atoms with Crippen molar-refractivity contribution in [3.8, 4) is 0 Å². The molecule has 2 N–H and O–H groups in total. The van der Waals surface area contributed by atoms with Crippen molar-refractivity contribution in [2.24, 2.45) is 0 Å². The normalized spacial score (nSPS) is 13.4. The van der Waals surface area contributed by atoms with E-state index in [2.05, 4.69) is 0 Å². The van der Waals surface area contributed by atoms with Gasteiger partial charge >= 0.3 is 0 Å². The summed E-state index contributed by atoms with van der Waals surface area (Å²) in [5.74, 6) is -0.383. The van der Waals surface area contributed by atoms with Gasteiger partial charge in [-0.2, -0.15) is 16.8 Å². The van der Waals surface area contributed by atoms with Gasteiger partial charge in [0.2, 0.25) is 0 Å². The standard InChI is InChI=1S/C22H32O6S2/c1-11(2)15-9-10-16-20(17(15)12(3)4)18(13(5)6)19(14(7)8)22(30(26,27)28)21(16)29(23,24)25/h9-14H,1-8H3,(H,23,24,25)(H,26,27,28). The zero-order valence-corrected chi connectivity index (χ0v) is 20.4. The van der Waals surface area contributed by atoms with E-state index in [0.29, 0.717) is 10.9 Å². The Morgan fingerprint density at radius 2 is 1.03 bits per heavy atom. The maximum atomic E-state index is 12.5. The molecule has 0 heterocycles. The number of benzene rings is 2. The monoisotopic (exact) mass is 456 g/mol. The Hall–Kier alpha value is -1.48. The third-order valence-electron chi connectivity index (χ3n) is 5.40. The van der Waals surface area contributed by atoms with Gasteiger partial charge in [0.05, 0.1) is 0 Å². The fourth-order valence-electron chi connectivity index (χ4n) is 4.43. The van der Waals surface area contributed by atoms with Gasteiger partial charge in [0, 0.05) is 5.39 Å². The van der Waals surface area contributed by atoms with Crippen LogP contribution < -0.4 is 0 Å². The fourth-order valence-corrected chi connectivity index (χ4v) is 6.82. The molecule has 0 fully saturated rings. The van der Waals surface area contributed by atoms with Crippen molar-refractivity contribution >= 4 is 31.0 Å². The van der Waals surface area contributed by atoms with Gasteiger partial charge in [-0.05, 0) is 51.3 Å². The molecule has 2 aromatic rings. The summed E-state index contributed by atoms with van der Waals surface area (Å²) in [7, 11) is -9.89. The van der Waals surface area contributed by atoms with Crippen LogP contribution >= 0.6 is 0 Å². The molecule has 0 atom stereocenters. The molecule has 2 aromatic carbocycles. The van der Waals surface area contributed by atoms with Crippen molar-refractivity contribution in [1.82, 2.24) is 0 Å². The summed E-state index contributed by atoms with van der Waals surface area (Å²) in [5, 5.41) is 0.765. The minimum atomic E-state index is -4.96. The molecule has 0 aromatic heterocycles. The molecule has 168 valence electrons. The molecule has 8 heteroatoms. The second-order valence-corrected chi connectivity index (χ2v) is 11.8. The van der Waals surface area contributed by atoms with E-state index >= 15 is 0 Å². The third-order valence-corrected chi connectivity index (χ3v) is 7.41. The molecule has 0 aliphatic carbocycles. The van der Waals surface area contributed by atoms with E-state index in [1.54, 1.807) is 26.0 Å². The maximum Gasteiger partial charge on any atom is 0.296 e. The summed E-state index contributed by atoms with van der Waals surface area (Å²) < 4.78 is 69.9. The lowest BCUT2D eigenvalue weighted by Crippen LogP contribution is -2.17. The Balaban J connectivity index is 3.53. The van der Waals surface area contributed by atoms with Crippen LogP contribution in [0.25, 0.3) is 10.8 Å². The van der Waals surface area contributed by atoms with Crippen LogP contribution in [-0.2, 0) is 20.2 Å². The minimum Gasteiger partial charge on any atom is -0.282 e. The molecule has 0 unspecified atom stereocenters. The summed E-state index contributed by atoms with van der Waals surface area (Å²) in [6.45, 7) is 15.4. The quantitative estimate of drug-likeness (QED) is 0.530. The first kappa shape index (κ1) is 24.8.